The van der Waals surface area contributed by atoms with Crippen LogP contribution in [-0.4, -0.2) is 43.0 Å². The summed E-state index contributed by atoms with van der Waals surface area (Å²) >= 11 is 0. The number of nitrogens with zero attached hydrogens (tertiary/aromatic N) is 5. The first kappa shape index (κ1) is 15.4. The molecular weight excluding hydrogens is 334 g/mol. The Morgan fingerprint density at radius 1 is 0.926 bits per heavy atom. The fourth-order valence-electron chi connectivity index (χ4n) is 4.88. The molecular formula is C22H23N5. The fraction of sp³-hybridized carbons (Fsp3) is 0.364. The Morgan fingerprint density at radius 3 is 2.89 bits per heavy atom. The lowest BCUT2D eigenvalue weighted by Gasteiger charge is -2.33. The lowest BCUT2D eigenvalue weighted by atomic mass is 10.00. The van der Waals surface area contributed by atoms with Gasteiger partial charge in [0.2, 0.25) is 0 Å². The van der Waals surface area contributed by atoms with Crippen LogP contribution in [0.5, 0.6) is 0 Å². The van der Waals surface area contributed by atoms with Gasteiger partial charge in [0.05, 0.1) is 11.0 Å². The predicted octanol–water partition coefficient (Wildman–Crippen LogP) is 3.76. The molecule has 0 amide bonds. The van der Waals surface area contributed by atoms with Crippen molar-refractivity contribution in [3.63, 3.8) is 0 Å². The van der Waals surface area contributed by atoms with E-state index in [0.29, 0.717) is 6.04 Å². The molecule has 2 aliphatic heterocycles. The van der Waals surface area contributed by atoms with Gasteiger partial charge in [-0.25, -0.2) is 9.97 Å². The number of hydrogen-bond acceptors (Lipinski definition) is 3. The minimum Gasteiger partial charge on any atom is -0.327 e. The zero-order valence-corrected chi connectivity index (χ0v) is 15.4. The highest BCUT2D eigenvalue weighted by Crippen LogP contribution is 2.29. The van der Waals surface area contributed by atoms with Crippen LogP contribution in [-0.2, 0) is 13.0 Å². The standard InChI is InChI=1S/C22H23N5/c1-2-8-25-11-12-27-20-5-4-16(13-19(20)24-22(27)15-18(25)3-1)17-6-9-26-10-7-23-21(26)14-17/h4-7,9-10,13-14,18H,1-3,8,11-12,15H2. The molecule has 5 heteroatoms. The van der Waals surface area contributed by atoms with E-state index in [-0.39, 0.29) is 0 Å². The van der Waals surface area contributed by atoms with Crippen molar-refractivity contribution in [1.82, 2.24) is 23.8 Å². The van der Waals surface area contributed by atoms with Crippen molar-refractivity contribution in [2.45, 2.75) is 38.3 Å². The van der Waals surface area contributed by atoms with Crippen molar-refractivity contribution in [3.8, 4) is 11.1 Å². The van der Waals surface area contributed by atoms with Crippen molar-refractivity contribution >= 4 is 16.7 Å². The quantitative estimate of drug-likeness (QED) is 0.521. The van der Waals surface area contributed by atoms with Gasteiger partial charge >= 0.3 is 0 Å². The average molecular weight is 357 g/mol. The van der Waals surface area contributed by atoms with Crippen molar-refractivity contribution < 1.29 is 0 Å². The van der Waals surface area contributed by atoms with Crippen LogP contribution in [0.2, 0.25) is 0 Å². The van der Waals surface area contributed by atoms with E-state index < -0.39 is 0 Å². The zero-order chi connectivity index (χ0) is 17.8. The molecule has 136 valence electrons. The summed E-state index contributed by atoms with van der Waals surface area (Å²) in [4.78, 5) is 12.1. The summed E-state index contributed by atoms with van der Waals surface area (Å²) < 4.78 is 4.49. The van der Waals surface area contributed by atoms with Gasteiger partial charge in [0.25, 0.3) is 0 Å². The normalized spacial score (nSPS) is 20.5. The van der Waals surface area contributed by atoms with Crippen LogP contribution in [0.15, 0.2) is 48.9 Å². The van der Waals surface area contributed by atoms with Crippen LogP contribution in [0.4, 0.5) is 0 Å². The number of pyridine rings is 1. The highest BCUT2D eigenvalue weighted by molar-refractivity contribution is 5.83. The maximum absolute atomic E-state index is 5.06. The third-order valence-electron chi connectivity index (χ3n) is 6.34. The average Bonchev–Trinajstić information content (AvgIpc) is 3.25. The maximum Gasteiger partial charge on any atom is 0.137 e. The molecule has 1 atom stereocenters. The number of fused-ring (bicyclic) bond motifs is 5. The minimum absolute atomic E-state index is 0.680. The van der Waals surface area contributed by atoms with E-state index in [4.69, 9.17) is 4.98 Å². The highest BCUT2D eigenvalue weighted by atomic mass is 15.2. The number of imidazole rings is 2. The molecule has 0 radical (unpaired) electrons. The lowest BCUT2D eigenvalue weighted by molar-refractivity contribution is 0.152. The molecule has 1 unspecified atom stereocenters. The molecule has 1 aromatic carbocycles. The van der Waals surface area contributed by atoms with E-state index in [0.717, 1.165) is 30.7 Å². The third-order valence-corrected chi connectivity index (χ3v) is 6.34. The lowest BCUT2D eigenvalue weighted by Crippen LogP contribution is -2.40. The predicted molar refractivity (Wildman–Crippen MR) is 107 cm³/mol. The second kappa shape index (κ2) is 5.92. The number of rotatable bonds is 1. The second-order valence-electron chi connectivity index (χ2n) is 7.88. The first-order valence-corrected chi connectivity index (χ1v) is 10.0. The molecule has 3 aromatic heterocycles. The van der Waals surface area contributed by atoms with E-state index in [1.54, 1.807) is 0 Å². The number of piperidine rings is 1. The summed E-state index contributed by atoms with van der Waals surface area (Å²) in [5.74, 6) is 1.26. The van der Waals surface area contributed by atoms with Crippen molar-refractivity contribution in [2.24, 2.45) is 0 Å². The highest BCUT2D eigenvalue weighted by Gasteiger charge is 2.27. The van der Waals surface area contributed by atoms with Gasteiger partial charge in [-0.05, 0) is 54.8 Å². The van der Waals surface area contributed by atoms with Crippen LogP contribution in [0, 0.1) is 0 Å². The van der Waals surface area contributed by atoms with E-state index >= 15 is 0 Å². The fourth-order valence-corrected chi connectivity index (χ4v) is 4.88. The number of aromatic nitrogens is 4. The SMILES string of the molecule is c1cn2ccc(-c3ccc4c(c3)nc3n4CCN4CCCCC4C3)cc2n1. The van der Waals surface area contributed by atoms with Gasteiger partial charge in [0.1, 0.15) is 11.5 Å². The van der Waals surface area contributed by atoms with E-state index in [2.05, 4.69) is 51.0 Å². The summed E-state index contributed by atoms with van der Waals surface area (Å²) in [5, 5.41) is 0. The van der Waals surface area contributed by atoms with Gasteiger partial charge in [0.15, 0.2) is 0 Å². The number of hydrogen-bond donors (Lipinski definition) is 0. The van der Waals surface area contributed by atoms with Crippen molar-refractivity contribution in [3.05, 3.63) is 54.7 Å². The largest absolute Gasteiger partial charge is 0.327 e. The van der Waals surface area contributed by atoms with Gasteiger partial charge in [-0.3, -0.25) is 4.90 Å². The molecule has 1 fully saturated rings. The Labute approximate surface area is 158 Å². The third kappa shape index (κ3) is 2.49. The summed E-state index contributed by atoms with van der Waals surface area (Å²) in [6, 6.07) is 11.7. The van der Waals surface area contributed by atoms with Crippen LogP contribution in [0.25, 0.3) is 27.8 Å². The van der Waals surface area contributed by atoms with Crippen LogP contribution in [0.1, 0.15) is 25.1 Å². The van der Waals surface area contributed by atoms with Gasteiger partial charge in [-0.1, -0.05) is 12.5 Å². The molecule has 1 saturated heterocycles. The monoisotopic (exact) mass is 357 g/mol. The first-order chi connectivity index (χ1) is 13.3. The van der Waals surface area contributed by atoms with Crippen molar-refractivity contribution in [2.75, 3.05) is 13.1 Å². The second-order valence-corrected chi connectivity index (χ2v) is 7.88. The molecule has 5 heterocycles. The van der Waals surface area contributed by atoms with E-state index in [1.165, 1.54) is 48.3 Å². The van der Waals surface area contributed by atoms with Crippen LogP contribution < -0.4 is 0 Å². The maximum atomic E-state index is 5.06. The van der Waals surface area contributed by atoms with Gasteiger partial charge in [0, 0.05) is 44.1 Å². The molecule has 0 spiro atoms. The van der Waals surface area contributed by atoms with Gasteiger partial charge in [-0.2, -0.15) is 0 Å². The molecule has 4 aromatic rings. The Balaban J connectivity index is 1.41. The molecule has 5 nitrogen and oxygen atoms in total. The summed E-state index contributed by atoms with van der Waals surface area (Å²) in [6.07, 6.45) is 11.0. The molecule has 6 rings (SSSR count). The van der Waals surface area contributed by atoms with Crippen molar-refractivity contribution in [1.29, 1.82) is 0 Å². The van der Waals surface area contributed by atoms with Crippen LogP contribution in [0.3, 0.4) is 0 Å². The van der Waals surface area contributed by atoms with Gasteiger partial charge < -0.3 is 8.97 Å². The van der Waals surface area contributed by atoms with E-state index in [9.17, 15) is 0 Å². The Kier molecular flexibility index (Phi) is 3.38. The Bertz CT molecular complexity index is 1140. The molecule has 27 heavy (non-hydrogen) atoms. The van der Waals surface area contributed by atoms with E-state index in [1.807, 2.05) is 16.8 Å². The first-order valence-electron chi connectivity index (χ1n) is 10.0. The van der Waals surface area contributed by atoms with Gasteiger partial charge in [-0.15, -0.1) is 0 Å². The molecule has 0 bridgehead atoms. The van der Waals surface area contributed by atoms with Crippen LogP contribution >= 0.6 is 0 Å². The molecule has 0 N–H and O–H groups in total. The smallest absolute Gasteiger partial charge is 0.137 e. The summed E-state index contributed by atoms with van der Waals surface area (Å²) in [6.45, 7) is 3.47. The summed E-state index contributed by atoms with van der Waals surface area (Å²) in [7, 11) is 0. The Hall–Kier alpha value is -2.66. The molecule has 0 aliphatic carbocycles. The number of benzene rings is 1. The topological polar surface area (TPSA) is 38.4 Å². The zero-order valence-electron chi connectivity index (χ0n) is 15.4. The molecule has 2 aliphatic rings. The molecule has 0 saturated carbocycles. The summed E-state index contributed by atoms with van der Waals surface area (Å²) in [5.41, 5.74) is 5.77. The Morgan fingerprint density at radius 2 is 1.89 bits per heavy atom. The minimum atomic E-state index is 0.680.